The molecule has 2 rings (SSSR count). The predicted molar refractivity (Wildman–Crippen MR) is 72.0 cm³/mol. The van der Waals surface area contributed by atoms with Crippen molar-refractivity contribution in [2.24, 2.45) is 0 Å². The number of amides is 1. The molecular formula is C11H11BrINO. The van der Waals surface area contributed by atoms with E-state index >= 15 is 0 Å². The summed E-state index contributed by atoms with van der Waals surface area (Å²) in [5.74, 6) is 0.128. The first-order valence-electron chi connectivity index (χ1n) is 4.82. The highest BCUT2D eigenvalue weighted by Crippen LogP contribution is 2.28. The molecule has 0 unspecified atom stereocenters. The van der Waals surface area contributed by atoms with E-state index in [4.69, 9.17) is 0 Å². The van der Waals surface area contributed by atoms with Gasteiger partial charge in [0.05, 0.1) is 5.56 Å². The van der Waals surface area contributed by atoms with Crippen molar-refractivity contribution < 1.29 is 4.79 Å². The maximum Gasteiger partial charge on any atom is 0.254 e. The molecule has 1 aliphatic rings. The molecule has 1 aromatic rings. The number of nitrogens with zero attached hydrogens (tertiary/aromatic N) is 1. The van der Waals surface area contributed by atoms with Crippen LogP contribution in [0, 0.1) is 3.57 Å². The summed E-state index contributed by atoms with van der Waals surface area (Å²) in [4.78, 5) is 14.0. The SMILES string of the molecule is CN(C(=O)c1cc(Br)ccc1I)C1CC1. The number of carbonyl (C=O) groups is 1. The first-order valence-corrected chi connectivity index (χ1v) is 6.69. The number of hydrogen-bond acceptors (Lipinski definition) is 1. The molecule has 80 valence electrons. The Labute approximate surface area is 111 Å². The molecule has 2 nitrogen and oxygen atoms in total. The topological polar surface area (TPSA) is 20.3 Å². The molecular weight excluding hydrogens is 369 g/mol. The van der Waals surface area contributed by atoms with Crippen molar-refractivity contribution in [1.82, 2.24) is 4.90 Å². The third-order valence-corrected chi connectivity index (χ3v) is 4.01. The van der Waals surface area contributed by atoms with Gasteiger partial charge in [0.1, 0.15) is 0 Å². The summed E-state index contributed by atoms with van der Waals surface area (Å²) in [7, 11) is 1.89. The van der Waals surface area contributed by atoms with Crippen molar-refractivity contribution in [3.05, 3.63) is 31.8 Å². The van der Waals surface area contributed by atoms with E-state index in [0.29, 0.717) is 6.04 Å². The van der Waals surface area contributed by atoms with Crippen LogP contribution in [0.2, 0.25) is 0 Å². The minimum Gasteiger partial charge on any atom is -0.339 e. The fraction of sp³-hybridized carbons (Fsp3) is 0.364. The van der Waals surface area contributed by atoms with Crippen LogP contribution in [0.15, 0.2) is 22.7 Å². The molecule has 15 heavy (non-hydrogen) atoms. The Morgan fingerprint density at radius 2 is 2.20 bits per heavy atom. The Balaban J connectivity index is 2.27. The van der Waals surface area contributed by atoms with E-state index in [1.165, 1.54) is 0 Å². The van der Waals surface area contributed by atoms with Crippen LogP contribution in [-0.4, -0.2) is 23.9 Å². The van der Waals surface area contributed by atoms with Gasteiger partial charge in [-0.05, 0) is 53.6 Å². The Morgan fingerprint density at radius 1 is 1.53 bits per heavy atom. The monoisotopic (exact) mass is 379 g/mol. The molecule has 0 radical (unpaired) electrons. The second-order valence-electron chi connectivity index (χ2n) is 3.77. The van der Waals surface area contributed by atoms with Gasteiger partial charge in [-0.1, -0.05) is 15.9 Å². The van der Waals surface area contributed by atoms with Gasteiger partial charge in [-0.3, -0.25) is 4.79 Å². The first-order chi connectivity index (χ1) is 7.09. The van der Waals surface area contributed by atoms with Crippen molar-refractivity contribution in [2.75, 3.05) is 7.05 Å². The number of carbonyl (C=O) groups excluding carboxylic acids is 1. The predicted octanol–water partition coefficient (Wildman–Crippen LogP) is 3.29. The Kier molecular flexibility index (Phi) is 3.35. The largest absolute Gasteiger partial charge is 0.339 e. The third-order valence-electron chi connectivity index (χ3n) is 2.57. The molecule has 0 aliphatic heterocycles. The lowest BCUT2D eigenvalue weighted by Gasteiger charge is -2.17. The number of hydrogen-bond donors (Lipinski definition) is 0. The number of benzene rings is 1. The fourth-order valence-corrected chi connectivity index (χ4v) is 2.41. The molecule has 1 amide bonds. The van der Waals surface area contributed by atoms with E-state index in [-0.39, 0.29) is 5.91 Å². The van der Waals surface area contributed by atoms with Crippen LogP contribution >= 0.6 is 38.5 Å². The second kappa shape index (κ2) is 4.41. The molecule has 0 bridgehead atoms. The summed E-state index contributed by atoms with van der Waals surface area (Å²) < 4.78 is 1.96. The molecule has 1 saturated carbocycles. The van der Waals surface area contributed by atoms with Crippen molar-refractivity contribution >= 4 is 44.4 Å². The van der Waals surface area contributed by atoms with Gasteiger partial charge in [0.15, 0.2) is 0 Å². The normalized spacial score (nSPS) is 15.1. The van der Waals surface area contributed by atoms with Crippen molar-refractivity contribution in [3.8, 4) is 0 Å². The maximum atomic E-state index is 12.1. The second-order valence-corrected chi connectivity index (χ2v) is 5.85. The summed E-state index contributed by atoms with van der Waals surface area (Å²) in [5, 5.41) is 0. The molecule has 0 atom stereocenters. The molecule has 1 fully saturated rings. The molecule has 0 saturated heterocycles. The molecule has 1 aromatic carbocycles. The highest BCUT2D eigenvalue weighted by molar-refractivity contribution is 14.1. The molecule has 4 heteroatoms. The van der Waals surface area contributed by atoms with Crippen molar-refractivity contribution in [2.45, 2.75) is 18.9 Å². The van der Waals surface area contributed by atoms with Crippen LogP contribution in [0.5, 0.6) is 0 Å². The molecule has 0 N–H and O–H groups in total. The third kappa shape index (κ3) is 2.53. The van der Waals surface area contributed by atoms with Crippen LogP contribution in [0.3, 0.4) is 0 Å². The zero-order chi connectivity index (χ0) is 11.0. The van der Waals surface area contributed by atoms with Gasteiger partial charge in [-0.2, -0.15) is 0 Å². The highest BCUT2D eigenvalue weighted by Gasteiger charge is 2.30. The minimum atomic E-state index is 0.128. The number of halogens is 2. The lowest BCUT2D eigenvalue weighted by Crippen LogP contribution is -2.29. The van der Waals surface area contributed by atoms with E-state index in [2.05, 4.69) is 38.5 Å². The fourth-order valence-electron chi connectivity index (χ4n) is 1.48. The van der Waals surface area contributed by atoms with Crippen LogP contribution in [0.25, 0.3) is 0 Å². The van der Waals surface area contributed by atoms with E-state index < -0.39 is 0 Å². The molecule has 1 aliphatic carbocycles. The summed E-state index contributed by atoms with van der Waals surface area (Å²) in [6.45, 7) is 0. The molecule has 0 spiro atoms. The summed E-state index contributed by atoms with van der Waals surface area (Å²) in [6, 6.07) is 6.27. The van der Waals surface area contributed by atoms with Gasteiger partial charge in [-0.15, -0.1) is 0 Å². The highest BCUT2D eigenvalue weighted by atomic mass is 127. The smallest absolute Gasteiger partial charge is 0.254 e. The van der Waals surface area contributed by atoms with E-state index in [1.807, 2.05) is 30.1 Å². The average molecular weight is 380 g/mol. The van der Waals surface area contributed by atoms with Gasteiger partial charge in [0.25, 0.3) is 5.91 Å². The van der Waals surface area contributed by atoms with Crippen molar-refractivity contribution in [1.29, 1.82) is 0 Å². The van der Waals surface area contributed by atoms with Crippen molar-refractivity contribution in [3.63, 3.8) is 0 Å². The van der Waals surface area contributed by atoms with E-state index in [0.717, 1.165) is 26.4 Å². The number of rotatable bonds is 2. The van der Waals surface area contributed by atoms with Gasteiger partial charge < -0.3 is 4.90 Å². The minimum absolute atomic E-state index is 0.128. The molecule has 0 aromatic heterocycles. The Morgan fingerprint density at radius 3 is 2.80 bits per heavy atom. The van der Waals surface area contributed by atoms with E-state index in [1.54, 1.807) is 0 Å². The summed E-state index contributed by atoms with van der Waals surface area (Å²) in [5.41, 5.74) is 0.791. The maximum absolute atomic E-state index is 12.1. The van der Waals surface area contributed by atoms with Crippen LogP contribution in [0.1, 0.15) is 23.2 Å². The zero-order valence-electron chi connectivity index (χ0n) is 8.34. The van der Waals surface area contributed by atoms with Gasteiger partial charge in [0.2, 0.25) is 0 Å². The van der Waals surface area contributed by atoms with Gasteiger partial charge >= 0.3 is 0 Å². The van der Waals surface area contributed by atoms with Gasteiger partial charge in [-0.25, -0.2) is 0 Å². The van der Waals surface area contributed by atoms with Gasteiger partial charge in [0, 0.05) is 21.1 Å². The summed E-state index contributed by atoms with van der Waals surface area (Å²) >= 11 is 5.59. The lowest BCUT2D eigenvalue weighted by atomic mass is 10.2. The lowest BCUT2D eigenvalue weighted by molar-refractivity contribution is 0.0784. The van der Waals surface area contributed by atoms with Crippen LogP contribution in [0.4, 0.5) is 0 Å². The zero-order valence-corrected chi connectivity index (χ0v) is 12.1. The first kappa shape index (κ1) is 11.4. The van der Waals surface area contributed by atoms with Crippen LogP contribution < -0.4 is 0 Å². The van der Waals surface area contributed by atoms with E-state index in [9.17, 15) is 4.79 Å². The van der Waals surface area contributed by atoms with Crippen LogP contribution in [-0.2, 0) is 0 Å². The standard InChI is InChI=1S/C11H11BrINO/c1-14(8-3-4-8)11(15)9-6-7(12)2-5-10(9)13/h2,5-6,8H,3-4H2,1H3. The summed E-state index contributed by atoms with van der Waals surface area (Å²) in [6.07, 6.45) is 2.29. The Bertz CT molecular complexity index is 404. The molecule has 0 heterocycles. The quantitative estimate of drug-likeness (QED) is 0.722. The Hall–Kier alpha value is -0.100. The average Bonchev–Trinajstić information content (AvgIpc) is 3.03.